The van der Waals surface area contributed by atoms with E-state index in [-0.39, 0.29) is 5.41 Å². The molecule has 4 heteroatoms. The van der Waals surface area contributed by atoms with Crippen LogP contribution in [-0.4, -0.2) is 15.0 Å². The van der Waals surface area contributed by atoms with Crippen molar-refractivity contribution in [2.24, 2.45) is 0 Å². The molecule has 2 aromatic heterocycles. The average Bonchev–Trinajstić information content (AvgIpc) is 3.99. The molecular formula is C58H35N3O. The number of para-hydroxylation sites is 2. The van der Waals surface area contributed by atoms with E-state index in [4.69, 9.17) is 19.4 Å². The SMILES string of the molecule is c1ccc(-c2nc(-c3ccccc3-c3ccc(-c4cccc5c4-c4ccccc4C54c5ccccc5-c5ccccc54)cc3)nc(-c3cccc4c3oc3ccccc34)n2)cc1. The van der Waals surface area contributed by atoms with Crippen LogP contribution in [0.2, 0.25) is 0 Å². The van der Waals surface area contributed by atoms with Crippen molar-refractivity contribution in [3.05, 3.63) is 235 Å². The van der Waals surface area contributed by atoms with Gasteiger partial charge in [0.2, 0.25) is 0 Å². The number of hydrogen-bond donors (Lipinski definition) is 0. The van der Waals surface area contributed by atoms with Crippen LogP contribution < -0.4 is 0 Å². The van der Waals surface area contributed by atoms with Gasteiger partial charge in [-0.2, -0.15) is 0 Å². The van der Waals surface area contributed by atoms with Gasteiger partial charge >= 0.3 is 0 Å². The molecule has 288 valence electrons. The Balaban J connectivity index is 0.948. The molecule has 0 radical (unpaired) electrons. The zero-order chi connectivity index (χ0) is 40.8. The van der Waals surface area contributed by atoms with Crippen molar-refractivity contribution in [3.63, 3.8) is 0 Å². The number of rotatable bonds is 5. The van der Waals surface area contributed by atoms with E-state index in [9.17, 15) is 0 Å². The Morgan fingerprint density at radius 2 is 0.758 bits per heavy atom. The number of furan rings is 1. The molecule has 0 amide bonds. The molecule has 0 atom stereocenters. The second-order valence-electron chi connectivity index (χ2n) is 16.2. The number of hydrogen-bond acceptors (Lipinski definition) is 4. The topological polar surface area (TPSA) is 51.8 Å². The summed E-state index contributed by atoms with van der Waals surface area (Å²) in [6.07, 6.45) is 0. The van der Waals surface area contributed by atoms with E-state index in [0.29, 0.717) is 17.5 Å². The third-order valence-electron chi connectivity index (χ3n) is 13.0. The van der Waals surface area contributed by atoms with E-state index >= 15 is 0 Å². The Morgan fingerprint density at radius 3 is 1.48 bits per heavy atom. The molecule has 11 aromatic rings. The summed E-state index contributed by atoms with van der Waals surface area (Å²) in [6, 6.07) is 75.7. The Morgan fingerprint density at radius 1 is 0.290 bits per heavy atom. The van der Waals surface area contributed by atoms with Crippen LogP contribution in [0.3, 0.4) is 0 Å². The van der Waals surface area contributed by atoms with Gasteiger partial charge in [-0.3, -0.25) is 0 Å². The average molecular weight is 790 g/mol. The van der Waals surface area contributed by atoms with Crippen LogP contribution in [0.15, 0.2) is 217 Å². The van der Waals surface area contributed by atoms with Gasteiger partial charge in [-0.05, 0) is 78.9 Å². The maximum atomic E-state index is 6.47. The molecule has 2 heterocycles. The van der Waals surface area contributed by atoms with E-state index < -0.39 is 0 Å². The number of fused-ring (bicyclic) bond motifs is 13. The summed E-state index contributed by atoms with van der Waals surface area (Å²) in [5, 5.41) is 2.09. The zero-order valence-corrected chi connectivity index (χ0v) is 33.5. The molecule has 0 unspecified atom stereocenters. The molecule has 4 nitrogen and oxygen atoms in total. The van der Waals surface area contributed by atoms with Crippen LogP contribution in [0, 0.1) is 0 Å². The molecule has 62 heavy (non-hydrogen) atoms. The van der Waals surface area contributed by atoms with Crippen molar-refractivity contribution in [1.29, 1.82) is 0 Å². The second-order valence-corrected chi connectivity index (χ2v) is 16.2. The molecule has 0 aliphatic heterocycles. The van der Waals surface area contributed by atoms with Gasteiger partial charge in [-0.1, -0.05) is 200 Å². The molecule has 1 spiro atoms. The Bertz CT molecular complexity index is 3540. The fourth-order valence-electron chi connectivity index (χ4n) is 10.4. The standard InChI is InChI=1S/C58H35N3O/c1-2-16-38(17-3-1)55-59-56(61-57(60-55)47-26-14-25-44-43-21-9-13-31-52(43)62-54(44)47)45-22-5-4-18-39(45)36-32-34-37(35-33-36)40-24-15-30-51-53(40)46-23-8-12-29-50(46)58(51)48-27-10-6-19-41(48)42-20-7-11-28-49(42)58/h1-35H. The molecule has 0 saturated heterocycles. The van der Waals surface area contributed by atoms with Crippen LogP contribution in [0.1, 0.15) is 22.3 Å². The van der Waals surface area contributed by atoms with Crippen LogP contribution in [0.4, 0.5) is 0 Å². The molecule has 0 bridgehead atoms. The predicted octanol–water partition coefficient (Wildman–Crippen LogP) is 14.4. The summed E-state index contributed by atoms with van der Waals surface area (Å²) in [5.74, 6) is 1.76. The van der Waals surface area contributed by atoms with Crippen molar-refractivity contribution in [2.75, 3.05) is 0 Å². The van der Waals surface area contributed by atoms with Gasteiger partial charge in [0, 0.05) is 21.9 Å². The normalized spacial score (nSPS) is 13.0. The van der Waals surface area contributed by atoms with E-state index in [0.717, 1.165) is 49.8 Å². The lowest BCUT2D eigenvalue weighted by atomic mass is 9.70. The molecule has 2 aliphatic carbocycles. The summed E-state index contributed by atoms with van der Waals surface area (Å²) in [4.78, 5) is 15.4. The molecule has 0 saturated carbocycles. The van der Waals surface area contributed by atoms with Gasteiger partial charge in [-0.25, -0.2) is 15.0 Å². The summed E-state index contributed by atoms with van der Waals surface area (Å²) in [7, 11) is 0. The van der Waals surface area contributed by atoms with Gasteiger partial charge in [0.1, 0.15) is 11.2 Å². The monoisotopic (exact) mass is 789 g/mol. The van der Waals surface area contributed by atoms with Crippen LogP contribution >= 0.6 is 0 Å². The van der Waals surface area contributed by atoms with Crippen molar-refractivity contribution >= 4 is 21.9 Å². The highest BCUT2D eigenvalue weighted by Crippen LogP contribution is 2.64. The summed E-state index contributed by atoms with van der Waals surface area (Å²) in [6.45, 7) is 0. The minimum absolute atomic E-state index is 0.383. The molecule has 9 aromatic carbocycles. The van der Waals surface area contributed by atoms with Gasteiger partial charge in [-0.15, -0.1) is 0 Å². The third-order valence-corrected chi connectivity index (χ3v) is 13.0. The minimum Gasteiger partial charge on any atom is -0.455 e. The maximum Gasteiger partial charge on any atom is 0.167 e. The van der Waals surface area contributed by atoms with Crippen molar-refractivity contribution < 1.29 is 4.42 Å². The Kier molecular flexibility index (Phi) is 7.49. The molecule has 0 fully saturated rings. The third kappa shape index (κ3) is 4.92. The molecular weight excluding hydrogens is 755 g/mol. The van der Waals surface area contributed by atoms with Gasteiger partial charge in [0.05, 0.1) is 11.0 Å². The van der Waals surface area contributed by atoms with Crippen molar-refractivity contribution in [1.82, 2.24) is 15.0 Å². The van der Waals surface area contributed by atoms with E-state index in [1.54, 1.807) is 0 Å². The highest BCUT2D eigenvalue weighted by atomic mass is 16.3. The predicted molar refractivity (Wildman–Crippen MR) is 251 cm³/mol. The summed E-state index contributed by atoms with van der Waals surface area (Å²) >= 11 is 0. The van der Waals surface area contributed by atoms with Crippen LogP contribution in [0.5, 0.6) is 0 Å². The molecule has 0 N–H and O–H groups in total. The smallest absolute Gasteiger partial charge is 0.167 e. The van der Waals surface area contributed by atoms with Gasteiger partial charge in [0.25, 0.3) is 0 Å². The van der Waals surface area contributed by atoms with Crippen LogP contribution in [-0.2, 0) is 5.41 Å². The van der Waals surface area contributed by atoms with Gasteiger partial charge < -0.3 is 4.42 Å². The number of aromatic nitrogens is 3. The van der Waals surface area contributed by atoms with Crippen LogP contribution in [0.25, 0.3) is 101 Å². The van der Waals surface area contributed by atoms with Crippen molar-refractivity contribution in [3.8, 4) is 78.7 Å². The molecule has 13 rings (SSSR count). The minimum atomic E-state index is -0.383. The van der Waals surface area contributed by atoms with Gasteiger partial charge in [0.15, 0.2) is 17.5 Å². The highest BCUT2D eigenvalue weighted by Gasteiger charge is 2.51. The zero-order valence-electron chi connectivity index (χ0n) is 33.5. The van der Waals surface area contributed by atoms with E-state index in [2.05, 4.69) is 152 Å². The van der Waals surface area contributed by atoms with E-state index in [1.165, 1.54) is 55.6 Å². The van der Waals surface area contributed by atoms with Crippen molar-refractivity contribution in [2.45, 2.75) is 5.41 Å². The number of nitrogens with zero attached hydrogens (tertiary/aromatic N) is 3. The lowest BCUT2D eigenvalue weighted by molar-refractivity contribution is 0.669. The molecule has 2 aliphatic rings. The first-order valence-electron chi connectivity index (χ1n) is 21.1. The maximum absolute atomic E-state index is 6.47. The fraction of sp³-hybridized carbons (Fsp3) is 0.0172. The fourth-order valence-corrected chi connectivity index (χ4v) is 10.4. The first kappa shape index (κ1) is 34.6. The second kappa shape index (κ2) is 13.4. The van der Waals surface area contributed by atoms with E-state index in [1.807, 2.05) is 60.7 Å². The summed E-state index contributed by atoms with van der Waals surface area (Å²) < 4.78 is 6.47. The Hall–Kier alpha value is -8.21. The lowest BCUT2D eigenvalue weighted by Gasteiger charge is -2.30. The first-order chi connectivity index (χ1) is 30.8. The highest BCUT2D eigenvalue weighted by molar-refractivity contribution is 6.09. The first-order valence-corrected chi connectivity index (χ1v) is 21.1. The number of benzene rings is 9. The Labute approximate surface area is 358 Å². The summed E-state index contributed by atoms with van der Waals surface area (Å²) in [5.41, 5.74) is 19.0. The lowest BCUT2D eigenvalue weighted by Crippen LogP contribution is -2.25. The largest absolute Gasteiger partial charge is 0.455 e. The quantitative estimate of drug-likeness (QED) is 0.174.